The zero-order valence-corrected chi connectivity index (χ0v) is 9.94. The van der Waals surface area contributed by atoms with Crippen molar-refractivity contribution in [3.8, 4) is 0 Å². The van der Waals surface area contributed by atoms with Gasteiger partial charge in [0.15, 0.2) is 0 Å². The van der Waals surface area contributed by atoms with Crippen LogP contribution in [-0.2, 0) is 4.74 Å². The second kappa shape index (κ2) is 5.72. The molecule has 84 valence electrons. The lowest BCUT2D eigenvalue weighted by molar-refractivity contribution is 0.0686. The monoisotopic (exact) mass is 199 g/mol. The summed E-state index contributed by atoms with van der Waals surface area (Å²) in [4.78, 5) is 0. The Bertz CT molecular complexity index is 152. The van der Waals surface area contributed by atoms with Crippen LogP contribution in [0.4, 0.5) is 0 Å². The van der Waals surface area contributed by atoms with E-state index in [1.54, 1.807) is 7.11 Å². The van der Waals surface area contributed by atoms with Gasteiger partial charge in [0.2, 0.25) is 0 Å². The first-order chi connectivity index (χ1) is 6.68. The first kappa shape index (κ1) is 12.0. The molecule has 1 saturated carbocycles. The van der Waals surface area contributed by atoms with Crippen LogP contribution in [0, 0.1) is 11.3 Å². The van der Waals surface area contributed by atoms with Crippen LogP contribution in [0.25, 0.3) is 0 Å². The molecule has 0 spiro atoms. The fraction of sp³-hybridized carbons (Fsp3) is 1.00. The molecular weight excluding hydrogens is 174 g/mol. The Hall–Kier alpha value is -0.0800. The molecule has 0 atom stereocenters. The molecule has 0 aliphatic heterocycles. The molecule has 0 aromatic rings. The van der Waals surface area contributed by atoms with Crippen molar-refractivity contribution in [3.05, 3.63) is 0 Å². The number of ether oxygens (including phenoxy) is 1. The Morgan fingerprint density at radius 1 is 1.36 bits per heavy atom. The predicted octanol–water partition coefficient (Wildman–Crippen LogP) is 2.44. The predicted molar refractivity (Wildman–Crippen MR) is 60.5 cm³/mol. The van der Waals surface area contributed by atoms with Crippen LogP contribution in [0.5, 0.6) is 0 Å². The van der Waals surface area contributed by atoms with Crippen molar-refractivity contribution in [1.82, 2.24) is 5.32 Å². The van der Waals surface area contributed by atoms with E-state index in [1.807, 2.05) is 0 Å². The van der Waals surface area contributed by atoms with Crippen molar-refractivity contribution < 1.29 is 4.74 Å². The molecule has 2 nitrogen and oxygen atoms in total. The lowest BCUT2D eigenvalue weighted by Gasteiger charge is -2.42. The van der Waals surface area contributed by atoms with E-state index in [1.165, 1.54) is 32.2 Å². The molecule has 1 aliphatic rings. The first-order valence-electron chi connectivity index (χ1n) is 5.88. The third-order valence-corrected chi connectivity index (χ3v) is 3.30. The standard InChI is InChI=1S/C12H25NO/c1-11(2)9-13-10-12(5-4-6-12)7-8-14-3/h11,13H,4-10H2,1-3H3. The maximum absolute atomic E-state index is 5.17. The highest BCUT2D eigenvalue weighted by atomic mass is 16.5. The van der Waals surface area contributed by atoms with E-state index >= 15 is 0 Å². The quantitative estimate of drug-likeness (QED) is 0.680. The Labute approximate surface area is 88.4 Å². The number of hydrogen-bond acceptors (Lipinski definition) is 2. The average molecular weight is 199 g/mol. The van der Waals surface area contributed by atoms with E-state index in [0.29, 0.717) is 5.41 Å². The molecule has 0 saturated heterocycles. The molecule has 2 heteroatoms. The summed E-state index contributed by atoms with van der Waals surface area (Å²) in [5.41, 5.74) is 0.574. The molecule has 14 heavy (non-hydrogen) atoms. The lowest BCUT2D eigenvalue weighted by Crippen LogP contribution is -2.41. The Morgan fingerprint density at radius 2 is 2.07 bits per heavy atom. The maximum Gasteiger partial charge on any atom is 0.0468 e. The van der Waals surface area contributed by atoms with Gasteiger partial charge < -0.3 is 10.1 Å². The SMILES string of the molecule is COCCC1(CNCC(C)C)CCC1. The van der Waals surface area contributed by atoms with E-state index in [2.05, 4.69) is 19.2 Å². The molecule has 0 bridgehead atoms. The maximum atomic E-state index is 5.17. The zero-order chi connectivity index (χ0) is 10.4. The van der Waals surface area contributed by atoms with Gasteiger partial charge in [0.1, 0.15) is 0 Å². The third kappa shape index (κ3) is 3.58. The highest BCUT2D eigenvalue weighted by Gasteiger charge is 2.35. The summed E-state index contributed by atoms with van der Waals surface area (Å²) in [6.07, 6.45) is 5.42. The molecule has 0 radical (unpaired) electrons. The minimum absolute atomic E-state index is 0.574. The Balaban J connectivity index is 2.16. The van der Waals surface area contributed by atoms with Crippen LogP contribution >= 0.6 is 0 Å². The highest BCUT2D eigenvalue weighted by molar-refractivity contribution is 4.89. The van der Waals surface area contributed by atoms with Crippen molar-refractivity contribution >= 4 is 0 Å². The van der Waals surface area contributed by atoms with E-state index < -0.39 is 0 Å². The molecule has 1 rings (SSSR count). The average Bonchev–Trinajstić information content (AvgIpc) is 2.07. The van der Waals surface area contributed by atoms with Crippen LogP contribution < -0.4 is 5.32 Å². The largest absolute Gasteiger partial charge is 0.385 e. The molecule has 1 aliphatic carbocycles. The molecule has 0 heterocycles. The molecule has 0 unspecified atom stereocenters. The van der Waals surface area contributed by atoms with Gasteiger partial charge in [0, 0.05) is 20.3 Å². The van der Waals surface area contributed by atoms with Gasteiger partial charge in [-0.05, 0) is 37.1 Å². The van der Waals surface area contributed by atoms with Gasteiger partial charge in [-0.3, -0.25) is 0 Å². The van der Waals surface area contributed by atoms with Crippen LogP contribution in [0.3, 0.4) is 0 Å². The fourth-order valence-corrected chi connectivity index (χ4v) is 2.14. The number of methoxy groups -OCH3 is 1. The van der Waals surface area contributed by atoms with Gasteiger partial charge in [-0.15, -0.1) is 0 Å². The van der Waals surface area contributed by atoms with Crippen molar-refractivity contribution in [2.75, 3.05) is 26.8 Å². The minimum atomic E-state index is 0.574. The van der Waals surface area contributed by atoms with Gasteiger partial charge in [0.05, 0.1) is 0 Å². The second-order valence-corrected chi connectivity index (χ2v) is 5.12. The third-order valence-electron chi connectivity index (χ3n) is 3.30. The van der Waals surface area contributed by atoms with Crippen LogP contribution in [0.2, 0.25) is 0 Å². The summed E-state index contributed by atoms with van der Waals surface area (Å²) >= 11 is 0. The van der Waals surface area contributed by atoms with Gasteiger partial charge in [-0.2, -0.15) is 0 Å². The smallest absolute Gasteiger partial charge is 0.0468 e. The molecule has 0 amide bonds. The topological polar surface area (TPSA) is 21.3 Å². The molecular formula is C12H25NO. The first-order valence-corrected chi connectivity index (χ1v) is 5.88. The summed E-state index contributed by atoms with van der Waals surface area (Å²) in [5, 5.41) is 3.58. The van der Waals surface area contributed by atoms with Crippen LogP contribution in [0.1, 0.15) is 39.5 Å². The van der Waals surface area contributed by atoms with Crippen molar-refractivity contribution in [3.63, 3.8) is 0 Å². The number of nitrogens with one attached hydrogen (secondary N) is 1. The van der Waals surface area contributed by atoms with Gasteiger partial charge >= 0.3 is 0 Å². The summed E-state index contributed by atoms with van der Waals surface area (Å²) in [5.74, 6) is 0.759. The summed E-state index contributed by atoms with van der Waals surface area (Å²) < 4.78 is 5.17. The van der Waals surface area contributed by atoms with E-state index in [4.69, 9.17) is 4.74 Å². The van der Waals surface area contributed by atoms with E-state index in [9.17, 15) is 0 Å². The summed E-state index contributed by atoms with van der Waals surface area (Å²) in [6.45, 7) is 7.78. The molecule has 1 fully saturated rings. The van der Waals surface area contributed by atoms with Crippen LogP contribution in [-0.4, -0.2) is 26.8 Å². The second-order valence-electron chi connectivity index (χ2n) is 5.12. The van der Waals surface area contributed by atoms with Gasteiger partial charge in [-0.1, -0.05) is 20.3 Å². The molecule has 1 N–H and O–H groups in total. The molecule has 0 aromatic carbocycles. The van der Waals surface area contributed by atoms with Crippen molar-refractivity contribution in [1.29, 1.82) is 0 Å². The van der Waals surface area contributed by atoms with Crippen molar-refractivity contribution in [2.24, 2.45) is 11.3 Å². The van der Waals surface area contributed by atoms with Crippen molar-refractivity contribution in [2.45, 2.75) is 39.5 Å². The van der Waals surface area contributed by atoms with Crippen LogP contribution in [0.15, 0.2) is 0 Å². The summed E-state index contributed by atoms with van der Waals surface area (Å²) in [6, 6.07) is 0. The highest BCUT2D eigenvalue weighted by Crippen LogP contribution is 2.43. The fourth-order valence-electron chi connectivity index (χ4n) is 2.14. The Kier molecular flexibility index (Phi) is 4.90. The minimum Gasteiger partial charge on any atom is -0.385 e. The summed E-state index contributed by atoms with van der Waals surface area (Å²) in [7, 11) is 1.80. The Morgan fingerprint density at radius 3 is 2.50 bits per heavy atom. The normalized spacial score (nSPS) is 19.7. The van der Waals surface area contributed by atoms with Gasteiger partial charge in [-0.25, -0.2) is 0 Å². The van der Waals surface area contributed by atoms with E-state index in [0.717, 1.165) is 19.1 Å². The molecule has 0 aromatic heterocycles. The number of hydrogen-bond donors (Lipinski definition) is 1. The lowest BCUT2D eigenvalue weighted by atomic mass is 9.66. The van der Waals surface area contributed by atoms with Gasteiger partial charge in [0.25, 0.3) is 0 Å². The zero-order valence-electron chi connectivity index (χ0n) is 9.94. The van der Waals surface area contributed by atoms with E-state index in [-0.39, 0.29) is 0 Å². The number of rotatable bonds is 7.